The molecule has 1 atom stereocenters. The van der Waals surface area contributed by atoms with Crippen LogP contribution in [0.25, 0.3) is 0 Å². The Balaban J connectivity index is 1.83. The van der Waals surface area contributed by atoms with E-state index in [9.17, 15) is 4.79 Å². The van der Waals surface area contributed by atoms with Gasteiger partial charge in [-0.1, -0.05) is 25.5 Å². The minimum Gasteiger partial charge on any atom is -0.492 e. The van der Waals surface area contributed by atoms with Crippen LogP contribution in [0.3, 0.4) is 0 Å². The summed E-state index contributed by atoms with van der Waals surface area (Å²) in [5.74, 6) is 0.697. The number of piperidine rings is 1. The average Bonchev–Trinajstić information content (AvgIpc) is 2.48. The second kappa shape index (κ2) is 7.29. The fourth-order valence-electron chi connectivity index (χ4n) is 2.80. The van der Waals surface area contributed by atoms with Crippen molar-refractivity contribution in [2.45, 2.75) is 38.6 Å². The second-order valence-electron chi connectivity index (χ2n) is 5.10. The number of carbonyl (C=O) groups excluding carboxylic acids is 1. The lowest BCUT2D eigenvalue weighted by Crippen LogP contribution is -2.41. The van der Waals surface area contributed by atoms with E-state index in [-0.39, 0.29) is 0 Å². The van der Waals surface area contributed by atoms with Gasteiger partial charge < -0.3 is 4.74 Å². The maximum absolute atomic E-state index is 10.9. The average molecular weight is 261 g/mol. The van der Waals surface area contributed by atoms with E-state index in [2.05, 4.69) is 11.8 Å². The molecule has 3 heteroatoms. The summed E-state index contributed by atoms with van der Waals surface area (Å²) in [4.78, 5) is 13.4. The summed E-state index contributed by atoms with van der Waals surface area (Å²) in [7, 11) is 0. The lowest BCUT2D eigenvalue weighted by atomic mass is 10.0. The standard InChI is InChI=1S/C16H23NO2/c1-2-15-8-5-6-10-17(15)11-12-19-16-9-4-3-7-14(16)13-18/h3-4,7,9,13,15H,2,5-6,8,10-12H2,1H3. The van der Waals surface area contributed by atoms with Crippen LogP contribution in [0.1, 0.15) is 43.0 Å². The maximum Gasteiger partial charge on any atom is 0.153 e. The first-order chi connectivity index (χ1) is 9.35. The lowest BCUT2D eigenvalue weighted by molar-refractivity contribution is 0.110. The van der Waals surface area contributed by atoms with Gasteiger partial charge in [-0.05, 0) is 37.9 Å². The Morgan fingerprint density at radius 3 is 3.00 bits per heavy atom. The Kier molecular flexibility index (Phi) is 5.40. The number of nitrogens with zero attached hydrogens (tertiary/aromatic N) is 1. The van der Waals surface area contributed by atoms with Gasteiger partial charge in [-0.15, -0.1) is 0 Å². The fraction of sp³-hybridized carbons (Fsp3) is 0.562. The molecular formula is C16H23NO2. The highest BCUT2D eigenvalue weighted by molar-refractivity contribution is 5.79. The van der Waals surface area contributed by atoms with Crippen molar-refractivity contribution in [1.29, 1.82) is 0 Å². The van der Waals surface area contributed by atoms with Crippen molar-refractivity contribution >= 4 is 6.29 Å². The first kappa shape index (κ1) is 14.1. The van der Waals surface area contributed by atoms with Crippen LogP contribution >= 0.6 is 0 Å². The molecule has 0 aliphatic carbocycles. The van der Waals surface area contributed by atoms with Gasteiger partial charge in [0.15, 0.2) is 6.29 Å². The van der Waals surface area contributed by atoms with E-state index in [4.69, 9.17) is 4.74 Å². The quantitative estimate of drug-likeness (QED) is 0.737. The van der Waals surface area contributed by atoms with Gasteiger partial charge in [-0.25, -0.2) is 0 Å². The Bertz CT molecular complexity index is 405. The molecule has 0 spiro atoms. The van der Waals surface area contributed by atoms with Crippen molar-refractivity contribution in [3.63, 3.8) is 0 Å². The van der Waals surface area contributed by atoms with Crippen LogP contribution in [0.2, 0.25) is 0 Å². The monoisotopic (exact) mass is 261 g/mol. The highest BCUT2D eigenvalue weighted by Gasteiger charge is 2.20. The van der Waals surface area contributed by atoms with Gasteiger partial charge in [-0.3, -0.25) is 9.69 Å². The van der Waals surface area contributed by atoms with E-state index >= 15 is 0 Å². The molecule has 0 amide bonds. The van der Waals surface area contributed by atoms with Gasteiger partial charge in [0.1, 0.15) is 12.4 Å². The minimum atomic E-state index is 0.633. The molecule has 0 aromatic heterocycles. The highest BCUT2D eigenvalue weighted by Crippen LogP contribution is 2.20. The smallest absolute Gasteiger partial charge is 0.153 e. The number of para-hydroxylation sites is 1. The predicted octanol–water partition coefficient (Wildman–Crippen LogP) is 3.14. The molecule has 1 aromatic carbocycles. The number of likely N-dealkylation sites (tertiary alicyclic amines) is 1. The molecule has 1 aromatic rings. The summed E-state index contributed by atoms with van der Waals surface area (Å²) >= 11 is 0. The molecule has 3 nitrogen and oxygen atoms in total. The minimum absolute atomic E-state index is 0.633. The highest BCUT2D eigenvalue weighted by atomic mass is 16.5. The van der Waals surface area contributed by atoms with Gasteiger partial charge in [-0.2, -0.15) is 0 Å². The lowest BCUT2D eigenvalue weighted by Gasteiger charge is -2.35. The van der Waals surface area contributed by atoms with Gasteiger partial charge >= 0.3 is 0 Å². The molecule has 1 saturated heterocycles. The van der Waals surface area contributed by atoms with Gasteiger partial charge in [0.05, 0.1) is 5.56 Å². The molecule has 19 heavy (non-hydrogen) atoms. The van der Waals surface area contributed by atoms with Crippen LogP contribution in [-0.2, 0) is 0 Å². The molecular weight excluding hydrogens is 238 g/mol. The number of hydrogen-bond donors (Lipinski definition) is 0. The summed E-state index contributed by atoms with van der Waals surface area (Å²) in [6.07, 6.45) is 6.02. The third kappa shape index (κ3) is 3.80. The normalized spacial score (nSPS) is 20.2. The van der Waals surface area contributed by atoms with Crippen molar-refractivity contribution in [3.05, 3.63) is 29.8 Å². The Hall–Kier alpha value is -1.35. The molecule has 1 unspecified atom stereocenters. The van der Waals surface area contributed by atoms with Crippen LogP contribution in [0, 0.1) is 0 Å². The molecule has 1 aliphatic heterocycles. The molecule has 0 bridgehead atoms. The Morgan fingerprint density at radius 2 is 2.21 bits per heavy atom. The second-order valence-corrected chi connectivity index (χ2v) is 5.10. The van der Waals surface area contributed by atoms with Crippen molar-refractivity contribution in [3.8, 4) is 5.75 Å². The van der Waals surface area contributed by atoms with Gasteiger partial charge in [0, 0.05) is 12.6 Å². The number of ether oxygens (including phenoxy) is 1. The largest absolute Gasteiger partial charge is 0.492 e. The Labute approximate surface area is 115 Å². The van der Waals surface area contributed by atoms with E-state index < -0.39 is 0 Å². The molecule has 104 valence electrons. The predicted molar refractivity (Wildman–Crippen MR) is 76.8 cm³/mol. The molecule has 1 heterocycles. The van der Waals surface area contributed by atoms with Crippen LogP contribution < -0.4 is 4.74 Å². The van der Waals surface area contributed by atoms with Crippen molar-refractivity contribution in [1.82, 2.24) is 4.90 Å². The zero-order chi connectivity index (χ0) is 13.5. The molecule has 1 aliphatic rings. The van der Waals surface area contributed by atoms with E-state index in [1.54, 1.807) is 6.07 Å². The number of hydrogen-bond acceptors (Lipinski definition) is 3. The van der Waals surface area contributed by atoms with Crippen LogP contribution in [0.4, 0.5) is 0 Å². The molecule has 1 fully saturated rings. The topological polar surface area (TPSA) is 29.5 Å². The van der Waals surface area contributed by atoms with E-state index in [1.807, 2.05) is 18.2 Å². The van der Waals surface area contributed by atoms with Crippen LogP contribution in [-0.4, -0.2) is 36.9 Å². The van der Waals surface area contributed by atoms with Crippen LogP contribution in [0.15, 0.2) is 24.3 Å². The summed E-state index contributed by atoms with van der Waals surface area (Å²) in [5, 5.41) is 0. The van der Waals surface area contributed by atoms with E-state index in [0.717, 1.165) is 12.8 Å². The van der Waals surface area contributed by atoms with Crippen LogP contribution in [0.5, 0.6) is 5.75 Å². The fourth-order valence-corrected chi connectivity index (χ4v) is 2.80. The summed E-state index contributed by atoms with van der Waals surface area (Å²) in [5.41, 5.74) is 0.633. The van der Waals surface area contributed by atoms with Crippen molar-refractivity contribution < 1.29 is 9.53 Å². The third-order valence-electron chi connectivity index (χ3n) is 3.90. The third-order valence-corrected chi connectivity index (χ3v) is 3.90. The first-order valence-corrected chi connectivity index (χ1v) is 7.26. The number of aldehydes is 1. The molecule has 0 saturated carbocycles. The summed E-state index contributed by atoms with van der Waals surface area (Å²) < 4.78 is 5.75. The van der Waals surface area contributed by atoms with Crippen molar-refractivity contribution in [2.24, 2.45) is 0 Å². The SMILES string of the molecule is CCC1CCCCN1CCOc1ccccc1C=O. The zero-order valence-electron chi connectivity index (χ0n) is 11.7. The van der Waals surface area contributed by atoms with E-state index in [1.165, 1.54) is 32.2 Å². The Morgan fingerprint density at radius 1 is 1.37 bits per heavy atom. The maximum atomic E-state index is 10.9. The van der Waals surface area contributed by atoms with Crippen molar-refractivity contribution in [2.75, 3.05) is 19.7 Å². The first-order valence-electron chi connectivity index (χ1n) is 7.26. The molecule has 2 rings (SSSR count). The summed E-state index contributed by atoms with van der Waals surface area (Å²) in [6, 6.07) is 8.11. The van der Waals surface area contributed by atoms with E-state index in [0.29, 0.717) is 24.0 Å². The number of benzene rings is 1. The van der Waals surface area contributed by atoms with Gasteiger partial charge in [0.2, 0.25) is 0 Å². The van der Waals surface area contributed by atoms with Gasteiger partial charge in [0.25, 0.3) is 0 Å². The number of rotatable bonds is 6. The number of carbonyl (C=O) groups is 1. The molecule has 0 radical (unpaired) electrons. The summed E-state index contributed by atoms with van der Waals surface area (Å²) in [6.45, 7) is 5.04. The molecule has 0 N–H and O–H groups in total. The zero-order valence-corrected chi connectivity index (χ0v) is 11.7.